The van der Waals surface area contributed by atoms with Crippen molar-refractivity contribution in [3.8, 4) is 62.7 Å². The zero-order valence-electron chi connectivity index (χ0n) is 22.9. The summed E-state index contributed by atoms with van der Waals surface area (Å²) in [6.45, 7) is 0.249. The van der Waals surface area contributed by atoms with E-state index < -0.39 is 5.43 Å². The molecule has 0 unspecified atom stereocenters. The highest BCUT2D eigenvalue weighted by molar-refractivity contribution is 5.94. The molecule has 0 aliphatic rings. The van der Waals surface area contributed by atoms with Gasteiger partial charge in [0.15, 0.2) is 23.0 Å². The highest BCUT2D eigenvalue weighted by Gasteiger charge is 2.24. The standard InChI is InChI=1S/C32H28O9/c1-36-24-11-10-19(12-22(24)33)31-28(20-13-26(37-2)32(39-4)27(14-20)38-3)30(35)29-23(34)15-21(16-25(29)41-31)40-17-18-8-6-5-7-9-18/h5-16,33-34H,17H2,1-4H3. The maximum Gasteiger partial charge on any atom is 0.204 e. The molecule has 0 saturated carbocycles. The van der Waals surface area contributed by atoms with Crippen LogP contribution in [0.5, 0.6) is 40.2 Å². The Balaban J connectivity index is 1.76. The molecule has 5 rings (SSSR count). The Morgan fingerprint density at radius 3 is 2.00 bits per heavy atom. The molecule has 0 atom stereocenters. The molecule has 9 heteroatoms. The van der Waals surface area contributed by atoms with Crippen LogP contribution in [0.25, 0.3) is 33.4 Å². The van der Waals surface area contributed by atoms with E-state index in [4.69, 9.17) is 28.1 Å². The van der Waals surface area contributed by atoms with Crippen LogP contribution in [-0.4, -0.2) is 38.7 Å². The number of methoxy groups -OCH3 is 4. The zero-order chi connectivity index (χ0) is 29.1. The summed E-state index contributed by atoms with van der Waals surface area (Å²) in [7, 11) is 5.85. The number of phenolic OH excluding ortho intramolecular Hbond substituents is 2. The van der Waals surface area contributed by atoms with Crippen LogP contribution in [0.3, 0.4) is 0 Å². The van der Waals surface area contributed by atoms with Gasteiger partial charge in [0.25, 0.3) is 0 Å². The first kappa shape index (κ1) is 27.3. The van der Waals surface area contributed by atoms with E-state index in [1.54, 1.807) is 30.3 Å². The average Bonchev–Trinajstić information content (AvgIpc) is 2.99. The molecule has 0 fully saturated rings. The molecule has 0 aliphatic heterocycles. The molecule has 0 aliphatic carbocycles. The Labute approximate surface area is 235 Å². The van der Waals surface area contributed by atoms with Gasteiger partial charge in [-0.15, -0.1) is 0 Å². The lowest BCUT2D eigenvalue weighted by molar-refractivity contribution is 0.304. The minimum atomic E-state index is -0.516. The number of fused-ring (bicyclic) bond motifs is 1. The van der Waals surface area contributed by atoms with Crippen molar-refractivity contribution in [2.45, 2.75) is 6.61 Å². The normalized spacial score (nSPS) is 10.8. The lowest BCUT2D eigenvalue weighted by atomic mass is 9.97. The van der Waals surface area contributed by atoms with Gasteiger partial charge < -0.3 is 38.3 Å². The van der Waals surface area contributed by atoms with Gasteiger partial charge in [-0.1, -0.05) is 30.3 Å². The summed E-state index contributed by atoms with van der Waals surface area (Å²) >= 11 is 0. The van der Waals surface area contributed by atoms with Crippen molar-refractivity contribution < 1.29 is 38.3 Å². The Morgan fingerprint density at radius 1 is 0.707 bits per heavy atom. The van der Waals surface area contributed by atoms with E-state index in [1.165, 1.54) is 40.6 Å². The van der Waals surface area contributed by atoms with Crippen molar-refractivity contribution in [1.82, 2.24) is 0 Å². The van der Waals surface area contributed by atoms with Crippen LogP contribution in [-0.2, 0) is 6.61 Å². The maximum atomic E-state index is 14.1. The van der Waals surface area contributed by atoms with Crippen LogP contribution in [0.15, 0.2) is 82.0 Å². The number of benzene rings is 4. The van der Waals surface area contributed by atoms with Gasteiger partial charge in [-0.25, -0.2) is 0 Å². The molecule has 0 bridgehead atoms. The summed E-state index contributed by atoms with van der Waals surface area (Å²) in [6.07, 6.45) is 0. The van der Waals surface area contributed by atoms with E-state index in [2.05, 4.69) is 0 Å². The van der Waals surface area contributed by atoms with Crippen LogP contribution < -0.4 is 29.1 Å². The number of hydrogen-bond donors (Lipinski definition) is 2. The monoisotopic (exact) mass is 556 g/mol. The third-order valence-corrected chi connectivity index (χ3v) is 6.59. The summed E-state index contributed by atoms with van der Waals surface area (Å²) < 4.78 is 33.8. The van der Waals surface area contributed by atoms with Crippen LogP contribution in [0, 0.1) is 0 Å². The molecule has 1 heterocycles. The van der Waals surface area contributed by atoms with E-state index in [0.717, 1.165) is 5.56 Å². The van der Waals surface area contributed by atoms with E-state index in [9.17, 15) is 15.0 Å². The largest absolute Gasteiger partial charge is 0.507 e. The Hall–Kier alpha value is -5.31. The van der Waals surface area contributed by atoms with Gasteiger partial charge in [0.1, 0.15) is 34.8 Å². The average molecular weight is 557 g/mol. The molecular weight excluding hydrogens is 528 g/mol. The van der Waals surface area contributed by atoms with E-state index in [0.29, 0.717) is 34.1 Å². The van der Waals surface area contributed by atoms with Crippen LogP contribution in [0.1, 0.15) is 5.56 Å². The maximum absolute atomic E-state index is 14.1. The molecule has 2 N–H and O–H groups in total. The summed E-state index contributed by atoms with van der Waals surface area (Å²) in [6, 6.07) is 20.3. The van der Waals surface area contributed by atoms with E-state index >= 15 is 0 Å². The topological polar surface area (TPSA) is 117 Å². The number of phenols is 2. The van der Waals surface area contributed by atoms with Gasteiger partial charge in [-0.2, -0.15) is 0 Å². The van der Waals surface area contributed by atoms with Crippen molar-refractivity contribution in [2.75, 3.05) is 28.4 Å². The predicted octanol–water partition coefficient (Wildman–Crippen LogP) is 6.15. The van der Waals surface area contributed by atoms with Crippen molar-refractivity contribution >= 4 is 11.0 Å². The first-order valence-electron chi connectivity index (χ1n) is 12.6. The molecule has 5 aromatic rings. The van der Waals surface area contributed by atoms with Gasteiger partial charge in [0.05, 0.1) is 34.0 Å². The second-order valence-corrected chi connectivity index (χ2v) is 9.03. The fourth-order valence-corrected chi connectivity index (χ4v) is 4.62. The van der Waals surface area contributed by atoms with Crippen molar-refractivity contribution in [2.24, 2.45) is 0 Å². The lowest BCUT2D eigenvalue weighted by Gasteiger charge is -2.17. The van der Waals surface area contributed by atoms with Gasteiger partial charge in [-0.3, -0.25) is 4.79 Å². The third kappa shape index (κ3) is 5.17. The molecule has 0 radical (unpaired) electrons. The van der Waals surface area contributed by atoms with Gasteiger partial charge in [0, 0.05) is 17.7 Å². The molecule has 1 aromatic heterocycles. The highest BCUT2D eigenvalue weighted by atomic mass is 16.5. The van der Waals surface area contributed by atoms with Crippen LogP contribution >= 0.6 is 0 Å². The molecule has 210 valence electrons. The quantitative estimate of drug-likeness (QED) is 0.220. The smallest absolute Gasteiger partial charge is 0.204 e. The number of hydrogen-bond acceptors (Lipinski definition) is 9. The number of rotatable bonds is 9. The SMILES string of the molecule is COc1ccc(-c2oc3cc(OCc4ccccc4)cc(O)c3c(=O)c2-c2cc(OC)c(OC)c(OC)c2)cc1O. The first-order chi connectivity index (χ1) is 19.9. The fourth-order valence-electron chi connectivity index (χ4n) is 4.62. The molecular formula is C32H28O9. The lowest BCUT2D eigenvalue weighted by Crippen LogP contribution is -2.09. The van der Waals surface area contributed by atoms with E-state index in [-0.39, 0.29) is 46.1 Å². The van der Waals surface area contributed by atoms with Gasteiger partial charge in [0.2, 0.25) is 11.2 Å². The van der Waals surface area contributed by atoms with E-state index in [1.807, 2.05) is 30.3 Å². The van der Waals surface area contributed by atoms with Crippen LogP contribution in [0.4, 0.5) is 0 Å². The van der Waals surface area contributed by atoms with Crippen molar-refractivity contribution in [1.29, 1.82) is 0 Å². The molecule has 41 heavy (non-hydrogen) atoms. The zero-order valence-corrected chi connectivity index (χ0v) is 22.9. The minimum Gasteiger partial charge on any atom is -0.507 e. The second-order valence-electron chi connectivity index (χ2n) is 9.03. The van der Waals surface area contributed by atoms with Gasteiger partial charge >= 0.3 is 0 Å². The predicted molar refractivity (Wildman–Crippen MR) is 154 cm³/mol. The second kappa shape index (κ2) is 11.4. The Morgan fingerprint density at radius 2 is 1.39 bits per heavy atom. The molecule has 4 aromatic carbocycles. The number of ether oxygens (including phenoxy) is 5. The van der Waals surface area contributed by atoms with Gasteiger partial charge in [-0.05, 0) is 41.5 Å². The number of aromatic hydroxyl groups is 2. The molecule has 0 amide bonds. The Bertz CT molecular complexity index is 1750. The summed E-state index contributed by atoms with van der Waals surface area (Å²) in [5.41, 5.74) is 1.39. The molecule has 9 nitrogen and oxygen atoms in total. The van der Waals surface area contributed by atoms with Crippen LogP contribution in [0.2, 0.25) is 0 Å². The fraction of sp³-hybridized carbons (Fsp3) is 0.156. The third-order valence-electron chi connectivity index (χ3n) is 6.59. The highest BCUT2D eigenvalue weighted by Crippen LogP contribution is 2.44. The first-order valence-corrected chi connectivity index (χ1v) is 12.6. The summed E-state index contributed by atoms with van der Waals surface area (Å²) in [5, 5.41) is 21.5. The summed E-state index contributed by atoms with van der Waals surface area (Å²) in [4.78, 5) is 14.1. The summed E-state index contributed by atoms with van der Waals surface area (Å²) in [5.74, 6) is 1.22. The van der Waals surface area contributed by atoms with Crippen molar-refractivity contribution in [3.05, 3.63) is 88.6 Å². The molecule has 0 spiro atoms. The minimum absolute atomic E-state index is 0.0395. The Kier molecular flexibility index (Phi) is 7.60. The van der Waals surface area contributed by atoms with Crippen molar-refractivity contribution in [3.63, 3.8) is 0 Å². The molecule has 0 saturated heterocycles.